The van der Waals surface area contributed by atoms with Crippen molar-refractivity contribution in [3.63, 3.8) is 0 Å². The second kappa shape index (κ2) is 46.1. The van der Waals surface area contributed by atoms with Crippen molar-refractivity contribution in [2.75, 3.05) is 172 Å². The Bertz CT molecular complexity index is 956. The Morgan fingerprint density at radius 3 is 1.03 bits per heavy atom. The second-order valence-corrected chi connectivity index (χ2v) is 12.9. The Kier molecular flexibility index (Phi) is 42.9. The molecule has 0 aromatic heterocycles. The van der Waals surface area contributed by atoms with Gasteiger partial charge in [0.05, 0.1) is 172 Å². The molecule has 0 radical (unpaired) electrons. The first kappa shape index (κ1) is 54.0. The predicted molar refractivity (Wildman–Crippen MR) is 220 cm³/mol. The van der Waals surface area contributed by atoms with Gasteiger partial charge >= 0.3 is 5.97 Å². The molecule has 0 atom stereocenters. The van der Waals surface area contributed by atoms with Gasteiger partial charge in [0.25, 0.3) is 0 Å². The maximum Gasteiger partial charge on any atom is 0.308 e. The highest BCUT2D eigenvalue weighted by Crippen LogP contribution is 2.15. The van der Waals surface area contributed by atoms with E-state index in [0.29, 0.717) is 172 Å². The summed E-state index contributed by atoms with van der Waals surface area (Å²) in [5.41, 5.74) is 1.37. The molecule has 0 unspecified atom stereocenters. The van der Waals surface area contributed by atoms with E-state index in [0.717, 1.165) is 12.2 Å². The summed E-state index contributed by atoms with van der Waals surface area (Å²) >= 11 is 0. The molecule has 0 fully saturated rings. The highest BCUT2D eigenvalue weighted by atomic mass is 16.6. The fourth-order valence-electron chi connectivity index (χ4n) is 4.99. The number of ether oxygens (including phenoxy) is 14. The van der Waals surface area contributed by atoms with Crippen molar-refractivity contribution in [2.45, 2.75) is 65.2 Å². The second-order valence-electron chi connectivity index (χ2n) is 12.9. The Labute approximate surface area is 349 Å². The van der Waals surface area contributed by atoms with Crippen LogP contribution in [0.2, 0.25) is 0 Å². The maximum absolute atomic E-state index is 11.2. The van der Waals surface area contributed by atoms with E-state index in [1.165, 1.54) is 44.1 Å². The average molecular weight is 835 g/mol. The van der Waals surface area contributed by atoms with Gasteiger partial charge < -0.3 is 66.3 Å². The predicted octanol–water partition coefficient (Wildman–Crippen LogP) is 5.12. The van der Waals surface area contributed by atoms with Gasteiger partial charge in [0.2, 0.25) is 0 Å². The monoisotopic (exact) mass is 835 g/mol. The first-order valence-corrected chi connectivity index (χ1v) is 21.6. The summed E-state index contributed by atoms with van der Waals surface area (Å²) in [7, 11) is 0. The van der Waals surface area contributed by atoms with Gasteiger partial charge in [-0.05, 0) is 37.5 Å². The van der Waals surface area contributed by atoms with E-state index in [9.17, 15) is 4.79 Å². The Hall–Kier alpha value is -1.99. The molecule has 15 heteroatoms. The summed E-state index contributed by atoms with van der Waals surface area (Å²) in [4.78, 5) is 11.2. The molecule has 0 aliphatic carbocycles. The fourth-order valence-corrected chi connectivity index (χ4v) is 4.99. The van der Waals surface area contributed by atoms with Crippen LogP contribution >= 0.6 is 0 Å². The van der Waals surface area contributed by atoms with Gasteiger partial charge in [-0.2, -0.15) is 0 Å². The molecule has 1 rings (SSSR count). The highest BCUT2D eigenvalue weighted by Gasteiger charge is 2.02. The third-order valence-electron chi connectivity index (χ3n) is 8.09. The molecule has 0 saturated heterocycles. The Morgan fingerprint density at radius 1 is 0.379 bits per heavy atom. The molecule has 58 heavy (non-hydrogen) atoms. The minimum atomic E-state index is -0.252. The van der Waals surface area contributed by atoms with Crippen LogP contribution in [0.5, 0.6) is 5.75 Å². The molecule has 340 valence electrons. The quantitative estimate of drug-likeness (QED) is 0.0632. The summed E-state index contributed by atoms with van der Waals surface area (Å²) < 4.78 is 76.4. The zero-order chi connectivity index (χ0) is 41.5. The third kappa shape index (κ3) is 40.8. The number of hydrogen-bond acceptors (Lipinski definition) is 15. The molecule has 0 spiro atoms. The summed E-state index contributed by atoms with van der Waals surface area (Å²) in [6.45, 7) is 16.6. The zero-order valence-corrected chi connectivity index (χ0v) is 36.0. The molecular formula is C43H78O15. The fraction of sp³-hybridized carbons (Fsp3) is 0.837. The van der Waals surface area contributed by atoms with E-state index in [-0.39, 0.29) is 12.4 Å². The van der Waals surface area contributed by atoms with Crippen molar-refractivity contribution < 1.29 is 71.1 Å². The topological polar surface area (TPSA) is 146 Å². The highest BCUT2D eigenvalue weighted by molar-refractivity contribution is 5.69. The summed E-state index contributed by atoms with van der Waals surface area (Å²) in [6.07, 6.45) is 9.32. The minimum Gasteiger partial charge on any atom is -0.491 e. The number of carbonyl (C=O) groups excluding carboxylic acids is 1. The molecule has 0 amide bonds. The van der Waals surface area contributed by atoms with Crippen molar-refractivity contribution in [1.29, 1.82) is 0 Å². The van der Waals surface area contributed by atoms with E-state index in [1.807, 2.05) is 12.1 Å². The van der Waals surface area contributed by atoms with Crippen LogP contribution in [0.3, 0.4) is 0 Å². The third-order valence-corrected chi connectivity index (χ3v) is 8.09. The number of esters is 1. The number of hydrogen-bond donors (Lipinski definition) is 0. The average Bonchev–Trinajstić information content (AvgIpc) is 3.23. The summed E-state index contributed by atoms with van der Waals surface area (Å²) in [5, 5.41) is 0. The van der Waals surface area contributed by atoms with Crippen LogP contribution in [0.15, 0.2) is 24.3 Å². The van der Waals surface area contributed by atoms with Gasteiger partial charge in [0.15, 0.2) is 0 Å². The minimum absolute atomic E-state index is 0.252. The van der Waals surface area contributed by atoms with Gasteiger partial charge in [-0.3, -0.25) is 4.79 Å². The molecule has 0 heterocycles. The van der Waals surface area contributed by atoms with Crippen molar-refractivity contribution in [2.24, 2.45) is 0 Å². The zero-order valence-electron chi connectivity index (χ0n) is 36.0. The van der Waals surface area contributed by atoms with Crippen molar-refractivity contribution in [3.8, 4) is 5.75 Å². The molecule has 0 saturated carbocycles. The van der Waals surface area contributed by atoms with Crippen LogP contribution in [-0.4, -0.2) is 178 Å². The Balaban J connectivity index is 1.66. The normalized spacial score (nSPS) is 11.4. The van der Waals surface area contributed by atoms with Crippen LogP contribution in [-0.2, 0) is 72.8 Å². The van der Waals surface area contributed by atoms with E-state index >= 15 is 0 Å². The van der Waals surface area contributed by atoms with Gasteiger partial charge in [-0.25, -0.2) is 0 Å². The van der Waals surface area contributed by atoms with E-state index in [4.69, 9.17) is 66.3 Å². The molecule has 0 aliphatic rings. The van der Waals surface area contributed by atoms with Crippen molar-refractivity contribution >= 4 is 5.97 Å². The van der Waals surface area contributed by atoms with Gasteiger partial charge in [-0.1, -0.05) is 51.2 Å². The summed E-state index contributed by atoms with van der Waals surface area (Å²) in [6, 6.07) is 8.43. The van der Waals surface area contributed by atoms with Crippen LogP contribution in [0.1, 0.15) is 64.4 Å². The van der Waals surface area contributed by atoms with Crippen LogP contribution < -0.4 is 4.74 Å². The first-order chi connectivity index (χ1) is 28.8. The molecule has 0 aliphatic heterocycles. The number of aryl methyl sites for hydroxylation is 1. The number of carbonyl (C=O) groups is 1. The van der Waals surface area contributed by atoms with Crippen LogP contribution in [0, 0.1) is 0 Å². The van der Waals surface area contributed by atoms with E-state index < -0.39 is 0 Å². The lowest BCUT2D eigenvalue weighted by Crippen LogP contribution is -2.15. The summed E-state index contributed by atoms with van der Waals surface area (Å²) in [5.74, 6) is 0.630. The number of benzene rings is 1. The molecule has 0 N–H and O–H groups in total. The first-order valence-electron chi connectivity index (χ1n) is 21.6. The SMILES string of the molecule is CCCCCCCCc1ccc(OCCOCCOCCOCCOCCOCCOCCOCCOCCOCCOCCOCCOCCC(=O)OCC)cc1. The van der Waals surface area contributed by atoms with E-state index in [2.05, 4.69) is 19.1 Å². The molecule has 15 nitrogen and oxygen atoms in total. The standard InChI is InChI=1S/C43H78O15/c1-3-5-6-7-8-9-10-41-11-13-42(14-12-41)58-40-39-56-38-37-55-36-35-54-34-33-53-32-31-52-30-29-51-28-27-50-26-25-49-24-23-48-22-21-47-20-19-46-18-17-45-16-15-43(44)57-4-2/h11-14H,3-10,15-40H2,1-2H3. The Morgan fingerprint density at radius 2 is 0.690 bits per heavy atom. The van der Waals surface area contributed by atoms with E-state index in [1.54, 1.807) is 6.92 Å². The molecular weight excluding hydrogens is 756 g/mol. The van der Waals surface area contributed by atoms with Gasteiger partial charge in [0.1, 0.15) is 12.4 Å². The van der Waals surface area contributed by atoms with Crippen LogP contribution in [0.4, 0.5) is 0 Å². The lowest BCUT2D eigenvalue weighted by atomic mass is 10.0. The smallest absolute Gasteiger partial charge is 0.308 e. The van der Waals surface area contributed by atoms with Gasteiger partial charge in [-0.15, -0.1) is 0 Å². The lowest BCUT2D eigenvalue weighted by Gasteiger charge is -2.09. The number of rotatable bonds is 48. The molecule has 0 bridgehead atoms. The van der Waals surface area contributed by atoms with Crippen molar-refractivity contribution in [1.82, 2.24) is 0 Å². The largest absolute Gasteiger partial charge is 0.491 e. The van der Waals surface area contributed by atoms with Crippen LogP contribution in [0.25, 0.3) is 0 Å². The maximum atomic E-state index is 11.2. The van der Waals surface area contributed by atoms with Gasteiger partial charge in [0, 0.05) is 0 Å². The van der Waals surface area contributed by atoms with Crippen molar-refractivity contribution in [3.05, 3.63) is 29.8 Å². The number of unbranched alkanes of at least 4 members (excludes halogenated alkanes) is 5. The molecule has 1 aromatic carbocycles. The molecule has 1 aromatic rings. The lowest BCUT2D eigenvalue weighted by molar-refractivity contribution is -0.144.